The molecule has 0 aromatic carbocycles. The van der Waals surface area contributed by atoms with Gasteiger partial charge in [0, 0.05) is 17.9 Å². The monoisotopic (exact) mass is 236 g/mol. The summed E-state index contributed by atoms with van der Waals surface area (Å²) in [5.41, 5.74) is 1.20. The molecule has 0 bridgehead atoms. The molecule has 92 valence electrons. The van der Waals surface area contributed by atoms with Crippen LogP contribution in [0.1, 0.15) is 48.7 Å². The van der Waals surface area contributed by atoms with E-state index in [9.17, 15) is 9.59 Å². The lowest BCUT2D eigenvalue weighted by atomic mass is 9.80. The van der Waals surface area contributed by atoms with Gasteiger partial charge in [0.25, 0.3) is 5.56 Å². The smallest absolute Gasteiger partial charge is 0.303 e. The summed E-state index contributed by atoms with van der Waals surface area (Å²) in [6.07, 6.45) is 3.51. The number of aliphatic carboxylic acids is 1. The van der Waals surface area contributed by atoms with E-state index in [0.29, 0.717) is 17.3 Å². The molecule has 1 aromatic heterocycles. The van der Waals surface area contributed by atoms with Crippen LogP contribution >= 0.6 is 0 Å². The van der Waals surface area contributed by atoms with Crippen LogP contribution in [0.2, 0.25) is 0 Å². The fourth-order valence-electron chi connectivity index (χ4n) is 2.13. The van der Waals surface area contributed by atoms with Crippen LogP contribution in [-0.2, 0) is 11.2 Å². The molecule has 1 aromatic rings. The summed E-state index contributed by atoms with van der Waals surface area (Å²) in [4.78, 5) is 29.4. The van der Waals surface area contributed by atoms with Crippen LogP contribution in [0.4, 0.5) is 0 Å². The quantitative estimate of drug-likeness (QED) is 0.826. The Morgan fingerprint density at radius 3 is 2.76 bits per heavy atom. The van der Waals surface area contributed by atoms with Crippen molar-refractivity contribution in [3.63, 3.8) is 0 Å². The molecular weight excluding hydrogens is 220 g/mol. The maximum Gasteiger partial charge on any atom is 0.303 e. The summed E-state index contributed by atoms with van der Waals surface area (Å²) in [7, 11) is 0. The number of H-pyrrole nitrogens is 1. The zero-order valence-electron chi connectivity index (χ0n) is 9.82. The van der Waals surface area contributed by atoms with Crippen LogP contribution in [0.3, 0.4) is 0 Å². The van der Waals surface area contributed by atoms with Gasteiger partial charge in [-0.05, 0) is 26.2 Å². The van der Waals surface area contributed by atoms with Gasteiger partial charge in [-0.15, -0.1) is 0 Å². The molecule has 1 aliphatic carbocycles. The molecule has 2 rings (SSSR count). The highest BCUT2D eigenvalue weighted by atomic mass is 16.4. The maximum atomic E-state index is 11.8. The number of carboxylic acid groups (broad SMARTS) is 1. The van der Waals surface area contributed by atoms with Crippen molar-refractivity contribution in [2.45, 2.75) is 44.9 Å². The van der Waals surface area contributed by atoms with Gasteiger partial charge >= 0.3 is 5.97 Å². The van der Waals surface area contributed by atoms with Crippen molar-refractivity contribution in [3.05, 3.63) is 27.4 Å². The second kappa shape index (κ2) is 4.69. The molecule has 17 heavy (non-hydrogen) atoms. The Bertz CT molecular complexity index is 489. The Balaban J connectivity index is 2.33. The number of nitrogens with zero attached hydrogens (tertiary/aromatic N) is 1. The number of hydrogen-bond donors (Lipinski definition) is 2. The molecule has 0 spiro atoms. The van der Waals surface area contributed by atoms with Crippen molar-refractivity contribution >= 4 is 5.97 Å². The second-order valence-corrected chi connectivity index (χ2v) is 4.54. The van der Waals surface area contributed by atoms with Crippen molar-refractivity contribution in [2.75, 3.05) is 0 Å². The van der Waals surface area contributed by atoms with E-state index >= 15 is 0 Å². The predicted octanol–water partition coefficient (Wildman–Crippen LogP) is 1.36. The average molecular weight is 236 g/mol. The number of carboxylic acids is 1. The molecule has 0 atom stereocenters. The van der Waals surface area contributed by atoms with E-state index in [1.807, 2.05) is 0 Å². The number of rotatable bonds is 4. The molecule has 0 aliphatic heterocycles. The number of aromatic amines is 1. The molecule has 1 heterocycles. The standard InChI is InChI=1S/C12H16N2O3/c1-7-13-11(8-3-2-4-8)9(12(17)14-7)5-6-10(15)16/h8H,2-6H2,1H3,(H,15,16)(H,13,14,17). The lowest BCUT2D eigenvalue weighted by Crippen LogP contribution is -2.24. The van der Waals surface area contributed by atoms with Gasteiger partial charge in [-0.3, -0.25) is 9.59 Å². The van der Waals surface area contributed by atoms with Crippen molar-refractivity contribution in [1.29, 1.82) is 0 Å². The van der Waals surface area contributed by atoms with E-state index in [1.54, 1.807) is 6.92 Å². The Labute approximate surface area is 98.9 Å². The first kappa shape index (κ1) is 11.8. The minimum atomic E-state index is -0.885. The summed E-state index contributed by atoms with van der Waals surface area (Å²) in [5, 5.41) is 8.69. The van der Waals surface area contributed by atoms with E-state index in [-0.39, 0.29) is 18.4 Å². The fourth-order valence-corrected chi connectivity index (χ4v) is 2.13. The average Bonchev–Trinajstić information content (AvgIpc) is 2.12. The van der Waals surface area contributed by atoms with Gasteiger partial charge in [-0.1, -0.05) is 6.42 Å². The van der Waals surface area contributed by atoms with Crippen LogP contribution in [-0.4, -0.2) is 21.0 Å². The van der Waals surface area contributed by atoms with E-state index < -0.39 is 5.97 Å². The van der Waals surface area contributed by atoms with Crippen molar-refractivity contribution < 1.29 is 9.90 Å². The number of aromatic nitrogens is 2. The first-order chi connectivity index (χ1) is 8.08. The van der Waals surface area contributed by atoms with Crippen LogP contribution in [0.15, 0.2) is 4.79 Å². The maximum absolute atomic E-state index is 11.8. The molecule has 5 nitrogen and oxygen atoms in total. The third-order valence-electron chi connectivity index (χ3n) is 3.25. The number of nitrogens with one attached hydrogen (secondary N) is 1. The predicted molar refractivity (Wildman–Crippen MR) is 62.1 cm³/mol. The van der Waals surface area contributed by atoms with E-state index in [0.717, 1.165) is 25.0 Å². The zero-order chi connectivity index (χ0) is 12.4. The molecule has 1 aliphatic rings. The summed E-state index contributed by atoms with van der Waals surface area (Å²) in [5.74, 6) is 0.0697. The van der Waals surface area contributed by atoms with Crippen molar-refractivity contribution in [3.8, 4) is 0 Å². The third-order valence-corrected chi connectivity index (χ3v) is 3.25. The molecule has 1 saturated carbocycles. The minimum Gasteiger partial charge on any atom is -0.481 e. The lowest BCUT2D eigenvalue weighted by Gasteiger charge is -2.26. The molecule has 1 fully saturated rings. The number of aryl methyl sites for hydroxylation is 1. The van der Waals surface area contributed by atoms with Crippen molar-refractivity contribution in [1.82, 2.24) is 9.97 Å². The highest BCUT2D eigenvalue weighted by molar-refractivity contribution is 5.67. The van der Waals surface area contributed by atoms with Gasteiger partial charge in [0.2, 0.25) is 0 Å². The minimum absolute atomic E-state index is 0.0203. The topological polar surface area (TPSA) is 83.0 Å². The SMILES string of the molecule is Cc1nc(C2CCC2)c(CCC(=O)O)c(=O)[nH]1. The molecular formula is C12H16N2O3. The van der Waals surface area contributed by atoms with E-state index in [2.05, 4.69) is 9.97 Å². The van der Waals surface area contributed by atoms with Crippen LogP contribution in [0, 0.1) is 6.92 Å². The van der Waals surface area contributed by atoms with Gasteiger partial charge in [0.1, 0.15) is 5.82 Å². The highest BCUT2D eigenvalue weighted by Gasteiger charge is 2.25. The summed E-state index contributed by atoms with van der Waals surface area (Å²) in [6.45, 7) is 1.75. The fraction of sp³-hybridized carbons (Fsp3) is 0.583. The van der Waals surface area contributed by atoms with E-state index in [1.165, 1.54) is 0 Å². The van der Waals surface area contributed by atoms with Crippen LogP contribution in [0.5, 0.6) is 0 Å². The summed E-state index contributed by atoms with van der Waals surface area (Å²) >= 11 is 0. The van der Waals surface area contributed by atoms with Crippen LogP contribution in [0.25, 0.3) is 0 Å². The third kappa shape index (κ3) is 2.54. The summed E-state index contributed by atoms with van der Waals surface area (Å²) < 4.78 is 0. The van der Waals surface area contributed by atoms with E-state index in [4.69, 9.17) is 5.11 Å². The van der Waals surface area contributed by atoms with Gasteiger partial charge in [0.05, 0.1) is 5.69 Å². The Hall–Kier alpha value is -1.65. The first-order valence-corrected chi connectivity index (χ1v) is 5.89. The Morgan fingerprint density at radius 2 is 2.24 bits per heavy atom. The molecule has 2 N–H and O–H groups in total. The van der Waals surface area contributed by atoms with Gasteiger partial charge in [-0.25, -0.2) is 4.98 Å². The normalized spacial score (nSPS) is 15.6. The lowest BCUT2D eigenvalue weighted by molar-refractivity contribution is -0.136. The molecule has 5 heteroatoms. The van der Waals surface area contributed by atoms with Crippen molar-refractivity contribution in [2.24, 2.45) is 0 Å². The van der Waals surface area contributed by atoms with Gasteiger partial charge in [-0.2, -0.15) is 0 Å². The van der Waals surface area contributed by atoms with Crippen LogP contribution < -0.4 is 5.56 Å². The molecule has 0 radical (unpaired) electrons. The molecule has 0 unspecified atom stereocenters. The Kier molecular flexibility index (Phi) is 3.26. The summed E-state index contributed by atoms with van der Waals surface area (Å²) in [6, 6.07) is 0. The Morgan fingerprint density at radius 1 is 1.53 bits per heavy atom. The first-order valence-electron chi connectivity index (χ1n) is 5.89. The number of carbonyl (C=O) groups is 1. The zero-order valence-corrected chi connectivity index (χ0v) is 9.82. The highest BCUT2D eigenvalue weighted by Crippen LogP contribution is 2.36. The molecule has 0 amide bonds. The second-order valence-electron chi connectivity index (χ2n) is 4.54. The van der Waals surface area contributed by atoms with Gasteiger partial charge < -0.3 is 10.1 Å². The largest absolute Gasteiger partial charge is 0.481 e. The van der Waals surface area contributed by atoms with Gasteiger partial charge in [0.15, 0.2) is 0 Å². The number of hydrogen-bond acceptors (Lipinski definition) is 3. The molecule has 0 saturated heterocycles.